The van der Waals surface area contributed by atoms with Crippen molar-refractivity contribution in [2.75, 3.05) is 7.11 Å². The van der Waals surface area contributed by atoms with Crippen LogP contribution >= 0.6 is 0 Å². The Labute approximate surface area is 135 Å². The molecule has 0 saturated heterocycles. The highest BCUT2D eigenvalue weighted by molar-refractivity contribution is 5.73. The third-order valence-corrected chi connectivity index (χ3v) is 3.58. The lowest BCUT2D eigenvalue weighted by Crippen LogP contribution is -1.94. The minimum Gasteiger partial charge on any atom is -0.496 e. The van der Waals surface area contributed by atoms with Crippen LogP contribution < -0.4 is 9.47 Å². The van der Waals surface area contributed by atoms with Gasteiger partial charge in [-0.2, -0.15) is 0 Å². The second kappa shape index (κ2) is 6.92. The molecule has 0 atom stereocenters. The monoisotopic (exact) mass is 306 g/mol. The molecule has 0 saturated carbocycles. The molecule has 0 spiro atoms. The van der Waals surface area contributed by atoms with Gasteiger partial charge in [0.15, 0.2) is 0 Å². The number of hydrogen-bond acceptors (Lipinski definition) is 4. The molecule has 1 aromatic carbocycles. The maximum atomic E-state index is 6.01. The van der Waals surface area contributed by atoms with E-state index in [1.54, 1.807) is 25.7 Å². The number of hydrogen-bond donors (Lipinski definition) is 0. The highest BCUT2D eigenvalue weighted by atomic mass is 16.5. The van der Waals surface area contributed by atoms with Crippen molar-refractivity contribution < 1.29 is 9.47 Å². The van der Waals surface area contributed by atoms with Crippen molar-refractivity contribution >= 4 is 0 Å². The quantitative estimate of drug-likeness (QED) is 0.696. The predicted molar refractivity (Wildman–Crippen MR) is 89.9 cm³/mol. The average molecular weight is 306 g/mol. The second-order valence-electron chi connectivity index (χ2n) is 5.04. The fraction of sp³-hybridized carbons (Fsp3) is 0.158. The second-order valence-corrected chi connectivity index (χ2v) is 5.04. The van der Waals surface area contributed by atoms with Crippen LogP contribution in [-0.2, 0) is 6.42 Å². The van der Waals surface area contributed by atoms with Crippen LogP contribution in [0.1, 0.15) is 12.5 Å². The van der Waals surface area contributed by atoms with Gasteiger partial charge < -0.3 is 9.47 Å². The first-order chi connectivity index (χ1) is 11.3. The first-order valence-corrected chi connectivity index (χ1v) is 7.52. The van der Waals surface area contributed by atoms with E-state index in [9.17, 15) is 0 Å². The van der Waals surface area contributed by atoms with Crippen LogP contribution in [0.2, 0.25) is 0 Å². The fourth-order valence-corrected chi connectivity index (χ4v) is 2.38. The summed E-state index contributed by atoms with van der Waals surface area (Å²) in [5.41, 5.74) is 2.92. The van der Waals surface area contributed by atoms with E-state index in [0.717, 1.165) is 29.0 Å². The van der Waals surface area contributed by atoms with Crippen molar-refractivity contribution in [3.05, 3.63) is 66.6 Å². The molecule has 0 aliphatic carbocycles. The van der Waals surface area contributed by atoms with Gasteiger partial charge in [-0.25, -0.2) is 4.98 Å². The molecule has 0 N–H and O–H groups in total. The fourth-order valence-electron chi connectivity index (χ4n) is 2.38. The van der Waals surface area contributed by atoms with Crippen LogP contribution in [0.4, 0.5) is 0 Å². The van der Waals surface area contributed by atoms with Crippen LogP contribution in [0.5, 0.6) is 17.4 Å². The molecule has 2 aromatic heterocycles. The van der Waals surface area contributed by atoms with E-state index in [1.165, 1.54) is 5.56 Å². The summed E-state index contributed by atoms with van der Waals surface area (Å²) >= 11 is 0. The Kier molecular flexibility index (Phi) is 4.52. The number of benzene rings is 1. The summed E-state index contributed by atoms with van der Waals surface area (Å²) in [6.45, 7) is 2.12. The van der Waals surface area contributed by atoms with Crippen LogP contribution in [0.3, 0.4) is 0 Å². The Hall–Kier alpha value is -2.88. The summed E-state index contributed by atoms with van der Waals surface area (Å²) in [6.07, 6.45) is 6.13. The molecule has 0 amide bonds. The number of pyridine rings is 2. The molecule has 0 aliphatic rings. The van der Waals surface area contributed by atoms with Gasteiger partial charge in [-0.3, -0.25) is 4.98 Å². The molecular weight excluding hydrogens is 288 g/mol. The Bertz CT molecular complexity index is 803. The van der Waals surface area contributed by atoms with E-state index in [-0.39, 0.29) is 0 Å². The van der Waals surface area contributed by atoms with Crippen LogP contribution in [0.15, 0.2) is 61.1 Å². The van der Waals surface area contributed by atoms with Crippen LogP contribution in [0, 0.1) is 0 Å². The normalized spacial score (nSPS) is 10.3. The summed E-state index contributed by atoms with van der Waals surface area (Å²) in [4.78, 5) is 8.56. The summed E-state index contributed by atoms with van der Waals surface area (Å²) < 4.78 is 11.4. The van der Waals surface area contributed by atoms with Crippen molar-refractivity contribution in [2.24, 2.45) is 0 Å². The Morgan fingerprint density at radius 2 is 1.91 bits per heavy atom. The molecule has 4 heteroatoms. The van der Waals surface area contributed by atoms with E-state index in [4.69, 9.17) is 9.47 Å². The zero-order valence-electron chi connectivity index (χ0n) is 13.2. The summed E-state index contributed by atoms with van der Waals surface area (Å²) in [6, 6.07) is 13.7. The third-order valence-electron chi connectivity index (χ3n) is 3.58. The predicted octanol–water partition coefficient (Wildman–Crippen LogP) is 4.51. The molecule has 23 heavy (non-hydrogen) atoms. The lowest BCUT2D eigenvalue weighted by molar-refractivity contribution is 0.415. The Balaban J connectivity index is 2.01. The van der Waals surface area contributed by atoms with Gasteiger partial charge in [-0.1, -0.05) is 19.1 Å². The minimum absolute atomic E-state index is 0.534. The lowest BCUT2D eigenvalue weighted by atomic mass is 10.1. The summed E-state index contributed by atoms with van der Waals surface area (Å²) in [7, 11) is 1.64. The molecule has 0 unspecified atom stereocenters. The van der Waals surface area contributed by atoms with E-state index < -0.39 is 0 Å². The molecule has 0 radical (unpaired) electrons. The first kappa shape index (κ1) is 15.0. The maximum absolute atomic E-state index is 6.01. The van der Waals surface area contributed by atoms with Crippen LogP contribution in [0.25, 0.3) is 11.1 Å². The average Bonchev–Trinajstić information content (AvgIpc) is 2.62. The maximum Gasteiger partial charge on any atom is 0.227 e. The largest absolute Gasteiger partial charge is 0.496 e. The van der Waals surface area contributed by atoms with Gasteiger partial charge in [0.2, 0.25) is 5.88 Å². The molecule has 3 rings (SSSR count). The van der Waals surface area contributed by atoms with Gasteiger partial charge in [0.25, 0.3) is 0 Å². The van der Waals surface area contributed by atoms with Crippen molar-refractivity contribution in [3.8, 4) is 28.5 Å². The molecule has 3 aromatic rings. The van der Waals surface area contributed by atoms with E-state index in [0.29, 0.717) is 5.88 Å². The molecular formula is C19H18N2O2. The highest BCUT2D eigenvalue weighted by Crippen LogP contribution is 2.36. The van der Waals surface area contributed by atoms with Crippen LogP contribution in [-0.4, -0.2) is 17.1 Å². The first-order valence-electron chi connectivity index (χ1n) is 7.52. The number of methoxy groups -OCH3 is 1. The summed E-state index contributed by atoms with van der Waals surface area (Å²) in [5, 5.41) is 0. The molecule has 0 aliphatic heterocycles. The van der Waals surface area contributed by atoms with Crippen molar-refractivity contribution in [1.29, 1.82) is 0 Å². The number of nitrogens with zero attached hydrogens (tertiary/aromatic N) is 2. The SMILES string of the molecule is CCc1cccc(Oc2ncccc2-c2cnccc2OC)c1. The zero-order valence-corrected chi connectivity index (χ0v) is 13.2. The van der Waals surface area contributed by atoms with E-state index in [1.807, 2.05) is 36.4 Å². The number of aromatic nitrogens is 2. The van der Waals surface area contributed by atoms with Crippen molar-refractivity contribution in [1.82, 2.24) is 9.97 Å². The highest BCUT2D eigenvalue weighted by Gasteiger charge is 2.13. The lowest BCUT2D eigenvalue weighted by Gasteiger charge is -2.12. The Morgan fingerprint density at radius 3 is 2.74 bits per heavy atom. The van der Waals surface area contributed by atoms with Gasteiger partial charge >= 0.3 is 0 Å². The minimum atomic E-state index is 0.534. The van der Waals surface area contributed by atoms with Gasteiger partial charge in [0.1, 0.15) is 11.5 Å². The molecule has 0 fully saturated rings. The van der Waals surface area contributed by atoms with E-state index >= 15 is 0 Å². The zero-order chi connectivity index (χ0) is 16.1. The Morgan fingerprint density at radius 1 is 1.00 bits per heavy atom. The molecule has 2 heterocycles. The third kappa shape index (κ3) is 3.31. The number of ether oxygens (including phenoxy) is 2. The van der Waals surface area contributed by atoms with Gasteiger partial charge in [-0.05, 0) is 42.3 Å². The van der Waals surface area contributed by atoms with Gasteiger partial charge in [0, 0.05) is 29.7 Å². The van der Waals surface area contributed by atoms with Gasteiger partial charge in [0.05, 0.1) is 7.11 Å². The molecule has 116 valence electrons. The molecule has 0 bridgehead atoms. The molecule has 4 nitrogen and oxygen atoms in total. The standard InChI is InChI=1S/C19H18N2O2/c1-3-14-6-4-7-15(12-14)23-19-16(8-5-10-21-19)17-13-20-11-9-18(17)22-2/h4-13H,3H2,1-2H3. The van der Waals surface area contributed by atoms with Gasteiger partial charge in [-0.15, -0.1) is 0 Å². The number of aryl methyl sites for hydroxylation is 1. The summed E-state index contributed by atoms with van der Waals surface area (Å²) in [5.74, 6) is 2.04. The van der Waals surface area contributed by atoms with E-state index in [2.05, 4.69) is 23.0 Å². The van der Waals surface area contributed by atoms with Crippen molar-refractivity contribution in [2.45, 2.75) is 13.3 Å². The topological polar surface area (TPSA) is 44.2 Å². The van der Waals surface area contributed by atoms with Crippen molar-refractivity contribution in [3.63, 3.8) is 0 Å². The number of rotatable bonds is 5. The smallest absolute Gasteiger partial charge is 0.227 e.